The second-order valence-electron chi connectivity index (χ2n) is 3.71. The summed E-state index contributed by atoms with van der Waals surface area (Å²) < 4.78 is 70.6. The van der Waals surface area contributed by atoms with E-state index in [1.54, 1.807) is 0 Å². The van der Waals surface area contributed by atoms with Crippen LogP contribution in [0.1, 0.15) is 23.1 Å². The normalized spacial score (nSPS) is 11.6. The Kier molecular flexibility index (Phi) is 5.87. The molecule has 4 nitrogen and oxygen atoms in total. The first-order chi connectivity index (χ1) is 9.69. The third-order valence-corrected chi connectivity index (χ3v) is 2.98. The molecule has 0 aliphatic rings. The molecule has 0 aliphatic heterocycles. The van der Waals surface area contributed by atoms with Gasteiger partial charge in [-0.3, -0.25) is 4.79 Å². The van der Waals surface area contributed by atoms with Crippen LogP contribution in [0.4, 0.5) is 22.0 Å². The Hall–Kier alpha value is -1.45. The molecule has 1 aromatic rings. The Morgan fingerprint density at radius 1 is 1.38 bits per heavy atom. The Balaban J connectivity index is 3.37. The number of alkyl halides is 6. The molecule has 21 heavy (non-hydrogen) atoms. The fourth-order valence-corrected chi connectivity index (χ4v) is 2.11. The van der Waals surface area contributed by atoms with Gasteiger partial charge in [0.05, 0.1) is 13.5 Å². The summed E-state index contributed by atoms with van der Waals surface area (Å²) in [5.41, 5.74) is -1.23. The van der Waals surface area contributed by atoms with Gasteiger partial charge in [0.25, 0.3) is 6.43 Å². The zero-order chi connectivity index (χ0) is 16.2. The average Bonchev–Trinajstić information content (AvgIpc) is 2.36. The number of pyridine rings is 1. The summed E-state index contributed by atoms with van der Waals surface area (Å²) in [6.07, 6.45) is -8.10. The Morgan fingerprint density at radius 3 is 2.43 bits per heavy atom. The van der Waals surface area contributed by atoms with Gasteiger partial charge in [-0.1, -0.05) is 15.9 Å². The fourth-order valence-electron chi connectivity index (χ4n) is 1.54. The quantitative estimate of drug-likeness (QED) is 0.447. The largest absolute Gasteiger partial charge is 0.574 e. The molecule has 0 N–H and O–H groups in total. The smallest absolute Gasteiger partial charge is 0.469 e. The molecule has 10 heteroatoms. The molecule has 0 fully saturated rings. The third kappa shape index (κ3) is 4.80. The van der Waals surface area contributed by atoms with Crippen molar-refractivity contribution in [2.75, 3.05) is 7.11 Å². The van der Waals surface area contributed by atoms with Crippen LogP contribution in [0.15, 0.2) is 6.20 Å². The van der Waals surface area contributed by atoms with Crippen LogP contribution in [0, 0.1) is 0 Å². The van der Waals surface area contributed by atoms with Crippen molar-refractivity contribution in [2.45, 2.75) is 24.5 Å². The lowest BCUT2D eigenvalue weighted by Crippen LogP contribution is -2.20. The molecule has 0 saturated carbocycles. The molecule has 0 bridgehead atoms. The number of nitrogens with zero attached hydrogens (tertiary/aromatic N) is 1. The molecule has 0 atom stereocenters. The molecule has 1 heterocycles. The van der Waals surface area contributed by atoms with Gasteiger partial charge in [-0.2, -0.15) is 0 Å². The van der Waals surface area contributed by atoms with Gasteiger partial charge >= 0.3 is 12.3 Å². The molecule has 1 rings (SSSR count). The van der Waals surface area contributed by atoms with Crippen LogP contribution in [0.3, 0.4) is 0 Å². The molecule has 0 aromatic carbocycles. The van der Waals surface area contributed by atoms with Gasteiger partial charge < -0.3 is 9.47 Å². The van der Waals surface area contributed by atoms with Crippen molar-refractivity contribution in [1.29, 1.82) is 0 Å². The molecular formula is C11H9BrF5NO3. The standard InChI is InChI=1S/C11H9BrF5NO3/c1-20-8(19)2-5-6(3-12)10(21-11(15,16)17)18-4-7(5)9(13)14/h4,9H,2-3H2,1H3. The number of carbonyl (C=O) groups is 1. The molecule has 1 aromatic heterocycles. The average molecular weight is 378 g/mol. The van der Waals surface area contributed by atoms with E-state index in [1.165, 1.54) is 0 Å². The van der Waals surface area contributed by atoms with E-state index >= 15 is 0 Å². The number of hydrogen-bond donors (Lipinski definition) is 0. The maximum Gasteiger partial charge on any atom is 0.574 e. The highest BCUT2D eigenvalue weighted by Gasteiger charge is 2.34. The van der Waals surface area contributed by atoms with E-state index in [0.29, 0.717) is 6.20 Å². The lowest BCUT2D eigenvalue weighted by atomic mass is 10.0. The minimum absolute atomic E-state index is 0.252. The minimum Gasteiger partial charge on any atom is -0.469 e. The fraction of sp³-hybridized carbons (Fsp3) is 0.455. The van der Waals surface area contributed by atoms with Crippen LogP contribution in [0.5, 0.6) is 5.88 Å². The van der Waals surface area contributed by atoms with Gasteiger partial charge in [0.1, 0.15) is 0 Å². The summed E-state index contributed by atoms with van der Waals surface area (Å²) >= 11 is 2.88. The number of halogens is 6. The van der Waals surface area contributed by atoms with Crippen molar-refractivity contribution in [3.63, 3.8) is 0 Å². The zero-order valence-electron chi connectivity index (χ0n) is 10.5. The number of rotatable bonds is 5. The lowest BCUT2D eigenvalue weighted by Gasteiger charge is -2.16. The number of ether oxygens (including phenoxy) is 2. The number of aromatic nitrogens is 1. The van der Waals surface area contributed by atoms with Crippen LogP contribution >= 0.6 is 15.9 Å². The molecule has 0 spiro atoms. The van der Waals surface area contributed by atoms with Gasteiger partial charge in [0, 0.05) is 22.7 Å². The van der Waals surface area contributed by atoms with E-state index in [9.17, 15) is 26.7 Å². The molecule has 0 aliphatic carbocycles. The number of carbonyl (C=O) groups excluding carboxylic acids is 1. The van der Waals surface area contributed by atoms with Gasteiger partial charge in [-0.15, -0.1) is 13.2 Å². The highest BCUT2D eigenvalue weighted by Crippen LogP contribution is 2.34. The van der Waals surface area contributed by atoms with Gasteiger partial charge in [0.2, 0.25) is 5.88 Å². The summed E-state index contributed by atoms with van der Waals surface area (Å²) in [4.78, 5) is 14.5. The highest BCUT2D eigenvalue weighted by atomic mass is 79.9. The molecule has 0 unspecified atom stereocenters. The topological polar surface area (TPSA) is 48.4 Å². The second kappa shape index (κ2) is 7.01. The molecule has 0 saturated heterocycles. The maximum absolute atomic E-state index is 12.9. The van der Waals surface area contributed by atoms with Crippen LogP contribution in [-0.2, 0) is 21.3 Å². The Morgan fingerprint density at radius 2 is 2.00 bits per heavy atom. The van der Waals surface area contributed by atoms with Crippen LogP contribution in [0.25, 0.3) is 0 Å². The summed E-state index contributed by atoms with van der Waals surface area (Å²) in [7, 11) is 1.03. The van der Waals surface area contributed by atoms with E-state index in [2.05, 4.69) is 30.4 Å². The SMILES string of the molecule is COC(=O)Cc1c(C(F)F)cnc(OC(F)(F)F)c1CBr. The molecule has 0 amide bonds. The first-order valence-corrected chi connectivity index (χ1v) is 6.49. The van der Waals surface area contributed by atoms with Crippen molar-refractivity contribution in [3.8, 4) is 5.88 Å². The van der Waals surface area contributed by atoms with Crippen LogP contribution in [0.2, 0.25) is 0 Å². The first-order valence-electron chi connectivity index (χ1n) is 5.37. The molecule has 118 valence electrons. The second-order valence-corrected chi connectivity index (χ2v) is 4.27. The first kappa shape index (κ1) is 17.6. The number of esters is 1. The van der Waals surface area contributed by atoms with Gasteiger partial charge in [0.15, 0.2) is 0 Å². The lowest BCUT2D eigenvalue weighted by molar-refractivity contribution is -0.276. The summed E-state index contributed by atoms with van der Waals surface area (Å²) in [6, 6.07) is 0. The zero-order valence-corrected chi connectivity index (χ0v) is 12.1. The highest BCUT2D eigenvalue weighted by molar-refractivity contribution is 9.08. The van der Waals surface area contributed by atoms with E-state index in [-0.39, 0.29) is 16.5 Å². The van der Waals surface area contributed by atoms with Gasteiger partial charge in [-0.25, -0.2) is 13.8 Å². The van der Waals surface area contributed by atoms with Crippen molar-refractivity contribution < 1.29 is 36.2 Å². The van der Waals surface area contributed by atoms with Crippen molar-refractivity contribution in [2.24, 2.45) is 0 Å². The predicted octanol–water partition coefficient (Wildman–Crippen LogP) is 3.53. The van der Waals surface area contributed by atoms with E-state index in [4.69, 9.17) is 0 Å². The summed E-state index contributed by atoms with van der Waals surface area (Å²) in [6.45, 7) is 0. The minimum atomic E-state index is -5.03. The Bertz CT molecular complexity index is 521. The number of hydrogen-bond acceptors (Lipinski definition) is 4. The summed E-state index contributed by atoms with van der Waals surface area (Å²) in [5, 5.41) is -0.252. The number of methoxy groups -OCH3 is 1. The van der Waals surface area contributed by atoms with Crippen LogP contribution < -0.4 is 4.74 Å². The monoisotopic (exact) mass is 377 g/mol. The van der Waals surface area contributed by atoms with Gasteiger partial charge in [-0.05, 0) is 5.56 Å². The maximum atomic E-state index is 12.9. The van der Waals surface area contributed by atoms with Crippen molar-refractivity contribution in [1.82, 2.24) is 4.98 Å². The van der Waals surface area contributed by atoms with Crippen LogP contribution in [-0.4, -0.2) is 24.4 Å². The van der Waals surface area contributed by atoms with E-state index in [1.807, 2.05) is 0 Å². The summed E-state index contributed by atoms with van der Waals surface area (Å²) in [5.74, 6) is -1.76. The molecule has 0 radical (unpaired) electrons. The van der Waals surface area contributed by atoms with E-state index < -0.39 is 36.6 Å². The molecular weight excluding hydrogens is 369 g/mol. The van der Waals surface area contributed by atoms with Crippen molar-refractivity contribution >= 4 is 21.9 Å². The van der Waals surface area contributed by atoms with Crippen molar-refractivity contribution in [3.05, 3.63) is 22.9 Å². The predicted molar refractivity (Wildman–Crippen MR) is 64.2 cm³/mol. The van der Waals surface area contributed by atoms with E-state index in [0.717, 1.165) is 7.11 Å². The Labute approximate surface area is 124 Å². The third-order valence-electron chi connectivity index (χ3n) is 2.42.